The number of nitrogens with one attached hydrogen (secondary N) is 1. The lowest BCUT2D eigenvalue weighted by Gasteiger charge is -2.46. The molecule has 10 atom stereocenters. The molecule has 2 aliphatic heterocycles. The van der Waals surface area contributed by atoms with Gasteiger partial charge in [0.15, 0.2) is 12.6 Å². The lowest BCUT2D eigenvalue weighted by atomic mass is 9.95. The number of hydrogen-bond donors (Lipinski definition) is 8. The second-order valence-electron chi connectivity index (χ2n) is 6.26. The van der Waals surface area contributed by atoms with E-state index in [4.69, 9.17) is 14.2 Å². The molecule has 2 heterocycles. The predicted molar refractivity (Wildman–Crippen MR) is 80.2 cm³/mol. The third-order valence-corrected chi connectivity index (χ3v) is 4.38. The summed E-state index contributed by atoms with van der Waals surface area (Å²) in [5.41, 5.74) is 0. The third-order valence-electron chi connectivity index (χ3n) is 4.38. The molecular weight excluding hydrogens is 358 g/mol. The minimum atomic E-state index is -1.75. The number of rotatable bonds is 5. The number of aliphatic hydroxyl groups excluding tert-OH is 7. The van der Waals surface area contributed by atoms with E-state index in [1.165, 1.54) is 0 Å². The van der Waals surface area contributed by atoms with Crippen LogP contribution in [0.1, 0.15) is 6.92 Å². The maximum atomic E-state index is 11.4. The zero-order valence-corrected chi connectivity index (χ0v) is 14.0. The fraction of sp³-hybridized carbons (Fsp3) is 0.929. The van der Waals surface area contributed by atoms with Crippen LogP contribution in [0.4, 0.5) is 0 Å². The van der Waals surface area contributed by atoms with Crippen LogP contribution >= 0.6 is 0 Å². The van der Waals surface area contributed by atoms with E-state index in [0.717, 1.165) is 6.92 Å². The molecule has 1 amide bonds. The summed E-state index contributed by atoms with van der Waals surface area (Å²) in [5, 5.41) is 70.5. The van der Waals surface area contributed by atoms with Gasteiger partial charge in [0.25, 0.3) is 0 Å². The first-order valence-electron chi connectivity index (χ1n) is 8.06. The summed E-state index contributed by atoms with van der Waals surface area (Å²) < 4.78 is 15.8. The highest BCUT2D eigenvalue weighted by atomic mass is 16.7. The predicted octanol–water partition coefficient (Wildman–Crippen LogP) is -5.25. The molecule has 12 heteroatoms. The average Bonchev–Trinajstić information content (AvgIpc) is 2.60. The van der Waals surface area contributed by atoms with Gasteiger partial charge in [0.1, 0.15) is 48.8 Å². The van der Waals surface area contributed by atoms with Crippen molar-refractivity contribution in [1.29, 1.82) is 0 Å². The Bertz CT molecular complexity index is 478. The highest BCUT2D eigenvalue weighted by Crippen LogP contribution is 2.28. The zero-order valence-electron chi connectivity index (χ0n) is 14.0. The maximum absolute atomic E-state index is 11.4. The van der Waals surface area contributed by atoms with E-state index < -0.39 is 80.5 Å². The molecular formula is C14H25NO11. The van der Waals surface area contributed by atoms with Crippen molar-refractivity contribution in [2.75, 3.05) is 13.2 Å². The summed E-state index contributed by atoms with van der Waals surface area (Å²) in [6, 6.07) is -1.28. The summed E-state index contributed by atoms with van der Waals surface area (Å²) >= 11 is 0. The Morgan fingerprint density at radius 1 is 0.923 bits per heavy atom. The molecule has 2 fully saturated rings. The van der Waals surface area contributed by atoms with Crippen LogP contribution in [0.3, 0.4) is 0 Å². The quantitative estimate of drug-likeness (QED) is 0.226. The number of ether oxygens (including phenoxy) is 3. The molecule has 26 heavy (non-hydrogen) atoms. The Morgan fingerprint density at radius 2 is 1.54 bits per heavy atom. The minimum absolute atomic E-state index is 0.574. The monoisotopic (exact) mass is 383 g/mol. The van der Waals surface area contributed by atoms with E-state index in [0.29, 0.717) is 0 Å². The van der Waals surface area contributed by atoms with Gasteiger partial charge in [0, 0.05) is 6.92 Å². The van der Waals surface area contributed by atoms with Gasteiger partial charge in [-0.05, 0) is 0 Å². The SMILES string of the molecule is CC(=O)N[C@@H]1[C@H](O[C@H]2[C@H](O)[C@@H](O)C(O)O[C@@H]2CO)O[C@H](CO)[C@@H](O)[C@@H]1O. The fourth-order valence-electron chi connectivity index (χ4n) is 2.98. The van der Waals surface area contributed by atoms with Crippen molar-refractivity contribution >= 4 is 5.91 Å². The topological polar surface area (TPSA) is 198 Å². The first-order chi connectivity index (χ1) is 12.2. The van der Waals surface area contributed by atoms with E-state index in [9.17, 15) is 40.5 Å². The first kappa shape index (κ1) is 21.4. The Kier molecular flexibility index (Phi) is 7.27. The number of hydrogen-bond acceptors (Lipinski definition) is 11. The van der Waals surface area contributed by atoms with Gasteiger partial charge in [0.05, 0.1) is 13.2 Å². The fourth-order valence-corrected chi connectivity index (χ4v) is 2.98. The molecule has 2 rings (SSSR count). The molecule has 0 saturated carbocycles. The molecule has 12 nitrogen and oxygen atoms in total. The van der Waals surface area contributed by atoms with Crippen LogP contribution in [0.2, 0.25) is 0 Å². The normalized spacial score (nSPS) is 46.8. The second-order valence-corrected chi connectivity index (χ2v) is 6.26. The molecule has 0 aromatic carbocycles. The maximum Gasteiger partial charge on any atom is 0.217 e. The second kappa shape index (κ2) is 8.84. The molecule has 0 aromatic rings. The summed E-state index contributed by atoms with van der Waals surface area (Å²) in [5.74, 6) is -0.574. The molecule has 0 spiro atoms. The van der Waals surface area contributed by atoms with Gasteiger partial charge in [-0.3, -0.25) is 4.79 Å². The highest BCUT2D eigenvalue weighted by molar-refractivity contribution is 5.73. The van der Waals surface area contributed by atoms with E-state index in [1.807, 2.05) is 0 Å². The molecule has 8 N–H and O–H groups in total. The van der Waals surface area contributed by atoms with E-state index >= 15 is 0 Å². The van der Waals surface area contributed by atoms with Crippen molar-refractivity contribution in [3.8, 4) is 0 Å². The van der Waals surface area contributed by atoms with Crippen LogP contribution < -0.4 is 5.32 Å². The summed E-state index contributed by atoms with van der Waals surface area (Å²) in [6.07, 6.45) is -13.6. The van der Waals surface area contributed by atoms with Crippen molar-refractivity contribution in [1.82, 2.24) is 5.32 Å². The lowest BCUT2D eigenvalue weighted by Crippen LogP contribution is -2.67. The summed E-state index contributed by atoms with van der Waals surface area (Å²) in [7, 11) is 0. The zero-order chi connectivity index (χ0) is 19.6. The summed E-state index contributed by atoms with van der Waals surface area (Å²) in [4.78, 5) is 11.4. The molecule has 0 bridgehead atoms. The first-order valence-corrected chi connectivity index (χ1v) is 8.06. The van der Waals surface area contributed by atoms with Gasteiger partial charge < -0.3 is 55.3 Å². The molecule has 152 valence electrons. The summed E-state index contributed by atoms with van der Waals surface area (Å²) in [6.45, 7) is -0.194. The highest BCUT2D eigenvalue weighted by Gasteiger charge is 2.50. The van der Waals surface area contributed by atoms with Gasteiger partial charge in [0.2, 0.25) is 5.91 Å². The number of carbonyl (C=O) groups excluding carboxylic acids is 1. The van der Waals surface area contributed by atoms with Crippen LogP contribution in [0.5, 0.6) is 0 Å². The third kappa shape index (κ3) is 4.31. The van der Waals surface area contributed by atoms with Crippen molar-refractivity contribution in [3.05, 3.63) is 0 Å². The van der Waals surface area contributed by atoms with Gasteiger partial charge in [-0.15, -0.1) is 0 Å². The lowest BCUT2D eigenvalue weighted by molar-refractivity contribution is -0.341. The van der Waals surface area contributed by atoms with Crippen molar-refractivity contribution in [2.24, 2.45) is 0 Å². The van der Waals surface area contributed by atoms with Crippen LogP contribution in [-0.4, -0.2) is 116 Å². The molecule has 2 aliphatic rings. The van der Waals surface area contributed by atoms with Gasteiger partial charge >= 0.3 is 0 Å². The minimum Gasteiger partial charge on any atom is -0.394 e. The van der Waals surface area contributed by atoms with Gasteiger partial charge in [-0.2, -0.15) is 0 Å². The largest absolute Gasteiger partial charge is 0.394 e. The standard InChI is InChI=1S/C14H25NO11/c1-4(18)15-7-9(20)8(19)5(2-16)25-14(7)26-12-6(3-17)24-13(23)11(22)10(12)21/h5-14,16-17,19-23H,2-3H2,1H3,(H,15,18)/t5-,6-,7+,8-,9-,10-,11-,12-,13?,14+/m1/s1. The van der Waals surface area contributed by atoms with E-state index in [-0.39, 0.29) is 0 Å². The molecule has 0 aliphatic carbocycles. The van der Waals surface area contributed by atoms with Crippen molar-refractivity contribution in [3.63, 3.8) is 0 Å². The van der Waals surface area contributed by atoms with Crippen LogP contribution in [0.25, 0.3) is 0 Å². The smallest absolute Gasteiger partial charge is 0.217 e. The van der Waals surface area contributed by atoms with Crippen LogP contribution in [0, 0.1) is 0 Å². The van der Waals surface area contributed by atoms with Crippen LogP contribution in [0.15, 0.2) is 0 Å². The van der Waals surface area contributed by atoms with Gasteiger partial charge in [-0.25, -0.2) is 0 Å². The van der Waals surface area contributed by atoms with E-state index in [1.54, 1.807) is 0 Å². The number of aliphatic hydroxyl groups is 7. The molecule has 0 aromatic heterocycles. The Balaban J connectivity index is 2.22. The Morgan fingerprint density at radius 3 is 2.08 bits per heavy atom. The van der Waals surface area contributed by atoms with Crippen molar-refractivity contribution < 1.29 is 54.8 Å². The Labute approximate surface area is 148 Å². The molecule has 0 radical (unpaired) electrons. The van der Waals surface area contributed by atoms with Crippen molar-refractivity contribution in [2.45, 2.75) is 68.3 Å². The van der Waals surface area contributed by atoms with Crippen LogP contribution in [-0.2, 0) is 19.0 Å². The molecule has 1 unspecified atom stereocenters. The van der Waals surface area contributed by atoms with Gasteiger partial charge in [-0.1, -0.05) is 0 Å². The Hall–Kier alpha value is -0.930. The molecule has 2 saturated heterocycles. The van der Waals surface area contributed by atoms with E-state index in [2.05, 4.69) is 5.32 Å². The number of carbonyl (C=O) groups is 1. The average molecular weight is 383 g/mol. The number of amides is 1.